The molecule has 0 atom stereocenters. The molecule has 16 heavy (non-hydrogen) atoms. The van der Waals surface area contributed by atoms with Crippen molar-refractivity contribution in [2.75, 3.05) is 17.3 Å². The summed E-state index contributed by atoms with van der Waals surface area (Å²) in [5.74, 6) is 3.02. The maximum Gasteiger partial charge on any atom is 0.232 e. The monoisotopic (exact) mass is 276 g/mol. The second-order valence-electron chi connectivity index (χ2n) is 3.97. The molecule has 0 radical (unpaired) electrons. The van der Waals surface area contributed by atoms with Crippen molar-refractivity contribution in [3.05, 3.63) is 35.4 Å². The maximum absolute atomic E-state index is 10.9. The van der Waals surface area contributed by atoms with Crippen LogP contribution in [0.2, 0.25) is 0 Å². The van der Waals surface area contributed by atoms with Gasteiger partial charge in [0.2, 0.25) is 9.05 Å². The zero-order chi connectivity index (χ0) is 11.6. The molecule has 0 saturated carbocycles. The Balaban J connectivity index is 2.04. The van der Waals surface area contributed by atoms with Gasteiger partial charge in [0.1, 0.15) is 0 Å². The molecule has 0 aromatic heterocycles. The van der Waals surface area contributed by atoms with E-state index in [1.165, 1.54) is 17.1 Å². The third-order valence-electron chi connectivity index (χ3n) is 2.70. The molecule has 2 rings (SSSR count). The molecule has 88 valence electrons. The van der Waals surface area contributed by atoms with Crippen LogP contribution in [0.4, 0.5) is 0 Å². The van der Waals surface area contributed by atoms with Gasteiger partial charge in [-0.25, -0.2) is 8.42 Å². The van der Waals surface area contributed by atoms with Crippen LogP contribution in [0.3, 0.4) is 0 Å². The summed E-state index contributed by atoms with van der Waals surface area (Å²) < 4.78 is 21.7. The Kier molecular flexibility index (Phi) is 3.82. The first-order chi connectivity index (χ1) is 7.54. The van der Waals surface area contributed by atoms with Crippen molar-refractivity contribution in [3.8, 4) is 0 Å². The zero-order valence-electron chi connectivity index (χ0n) is 8.73. The Morgan fingerprint density at radius 2 is 2.12 bits per heavy atom. The molecule has 1 aliphatic rings. The van der Waals surface area contributed by atoms with Gasteiger partial charge >= 0.3 is 0 Å². The van der Waals surface area contributed by atoms with Gasteiger partial charge in [0.05, 0.1) is 5.75 Å². The van der Waals surface area contributed by atoms with Crippen LogP contribution in [0.25, 0.3) is 0 Å². The van der Waals surface area contributed by atoms with Gasteiger partial charge in [0.15, 0.2) is 0 Å². The average molecular weight is 277 g/mol. The summed E-state index contributed by atoms with van der Waals surface area (Å²) in [7, 11) is 1.81. The molecule has 0 unspecified atom stereocenters. The van der Waals surface area contributed by atoms with Crippen molar-refractivity contribution in [3.63, 3.8) is 0 Å². The minimum Gasteiger partial charge on any atom is -0.212 e. The van der Waals surface area contributed by atoms with E-state index in [2.05, 4.69) is 12.1 Å². The predicted octanol–water partition coefficient (Wildman–Crippen LogP) is 2.63. The largest absolute Gasteiger partial charge is 0.232 e. The third-order valence-corrected chi connectivity index (χ3v) is 5.13. The van der Waals surface area contributed by atoms with E-state index in [1.807, 2.05) is 23.9 Å². The summed E-state index contributed by atoms with van der Waals surface area (Å²) in [5.41, 5.74) is 2.38. The summed E-state index contributed by atoms with van der Waals surface area (Å²) in [6.45, 7) is 0. The van der Waals surface area contributed by atoms with Crippen LogP contribution in [0.1, 0.15) is 17.0 Å². The molecule has 1 aromatic rings. The Bertz CT molecular complexity index is 467. The Labute approximate surface area is 105 Å². The number of thioether (sulfide) groups is 1. The molecule has 0 bridgehead atoms. The van der Waals surface area contributed by atoms with E-state index in [0.29, 0.717) is 12.3 Å². The van der Waals surface area contributed by atoms with E-state index < -0.39 is 9.05 Å². The highest BCUT2D eigenvalue weighted by Gasteiger charge is 2.20. The average Bonchev–Trinajstić information content (AvgIpc) is 2.12. The molecule has 5 heteroatoms. The summed E-state index contributed by atoms with van der Waals surface area (Å²) in [6.07, 6.45) is 0.500. The van der Waals surface area contributed by atoms with Gasteiger partial charge in [-0.2, -0.15) is 11.8 Å². The van der Waals surface area contributed by atoms with Crippen molar-refractivity contribution >= 4 is 31.5 Å². The SMILES string of the molecule is O=S(=O)(Cl)CCc1cccc(C2CSC2)c1. The molecule has 1 fully saturated rings. The second-order valence-corrected chi connectivity index (χ2v) is 7.94. The van der Waals surface area contributed by atoms with Crippen molar-refractivity contribution in [2.24, 2.45) is 0 Å². The molecular weight excluding hydrogens is 264 g/mol. The van der Waals surface area contributed by atoms with Crippen molar-refractivity contribution in [1.82, 2.24) is 0 Å². The van der Waals surface area contributed by atoms with Gasteiger partial charge in [-0.05, 0) is 17.5 Å². The van der Waals surface area contributed by atoms with E-state index in [4.69, 9.17) is 10.7 Å². The smallest absolute Gasteiger partial charge is 0.212 e. The van der Waals surface area contributed by atoms with E-state index in [0.717, 1.165) is 5.56 Å². The van der Waals surface area contributed by atoms with Gasteiger partial charge in [-0.3, -0.25) is 0 Å². The van der Waals surface area contributed by atoms with Gasteiger partial charge in [-0.15, -0.1) is 0 Å². The third kappa shape index (κ3) is 3.40. The van der Waals surface area contributed by atoms with Crippen LogP contribution in [0.5, 0.6) is 0 Å². The molecule has 2 nitrogen and oxygen atoms in total. The fourth-order valence-electron chi connectivity index (χ4n) is 1.67. The molecule has 1 aliphatic heterocycles. The van der Waals surface area contributed by atoms with Crippen LogP contribution >= 0.6 is 22.4 Å². The first-order valence-corrected chi connectivity index (χ1v) is 8.77. The van der Waals surface area contributed by atoms with Crippen LogP contribution in [-0.2, 0) is 15.5 Å². The number of halogens is 1. The summed E-state index contributed by atoms with van der Waals surface area (Å²) >= 11 is 1.95. The summed E-state index contributed by atoms with van der Waals surface area (Å²) in [6, 6.07) is 8.17. The molecule has 0 N–H and O–H groups in total. The van der Waals surface area contributed by atoms with E-state index in [9.17, 15) is 8.42 Å². The molecular formula is C11H13ClO2S2. The number of hydrogen-bond acceptors (Lipinski definition) is 3. The zero-order valence-corrected chi connectivity index (χ0v) is 11.1. The lowest BCUT2D eigenvalue weighted by Crippen LogP contribution is -2.15. The van der Waals surface area contributed by atoms with Gasteiger partial charge < -0.3 is 0 Å². The first-order valence-electron chi connectivity index (χ1n) is 5.13. The second kappa shape index (κ2) is 4.98. The van der Waals surface area contributed by atoms with Crippen LogP contribution in [-0.4, -0.2) is 25.7 Å². The van der Waals surface area contributed by atoms with Crippen molar-refractivity contribution in [2.45, 2.75) is 12.3 Å². The molecule has 1 saturated heterocycles. The highest BCUT2D eigenvalue weighted by atomic mass is 35.7. The predicted molar refractivity (Wildman–Crippen MR) is 69.9 cm³/mol. The van der Waals surface area contributed by atoms with Gasteiger partial charge in [0.25, 0.3) is 0 Å². The molecule has 1 aromatic carbocycles. The van der Waals surface area contributed by atoms with E-state index in [1.54, 1.807) is 0 Å². The standard InChI is InChI=1S/C11H13ClO2S2/c12-16(13,14)5-4-9-2-1-3-10(6-9)11-7-15-8-11/h1-3,6,11H,4-5,7-8H2. The minimum absolute atomic E-state index is 0.0113. The summed E-state index contributed by atoms with van der Waals surface area (Å²) in [4.78, 5) is 0. The number of rotatable bonds is 4. The number of benzene rings is 1. The Morgan fingerprint density at radius 3 is 2.69 bits per heavy atom. The fourth-order valence-corrected chi connectivity index (χ4v) is 3.24. The molecule has 0 spiro atoms. The fraction of sp³-hybridized carbons (Fsp3) is 0.455. The number of aryl methyl sites for hydroxylation is 1. The highest BCUT2D eigenvalue weighted by molar-refractivity contribution is 8.13. The van der Waals surface area contributed by atoms with E-state index >= 15 is 0 Å². The lowest BCUT2D eigenvalue weighted by Gasteiger charge is -2.25. The molecule has 1 heterocycles. The van der Waals surface area contributed by atoms with Gasteiger partial charge in [-0.1, -0.05) is 24.3 Å². The van der Waals surface area contributed by atoms with Crippen molar-refractivity contribution < 1.29 is 8.42 Å². The van der Waals surface area contributed by atoms with Crippen LogP contribution < -0.4 is 0 Å². The van der Waals surface area contributed by atoms with Crippen molar-refractivity contribution in [1.29, 1.82) is 0 Å². The Morgan fingerprint density at radius 1 is 1.38 bits per heavy atom. The minimum atomic E-state index is -3.38. The number of hydrogen-bond donors (Lipinski definition) is 0. The molecule has 0 amide bonds. The normalized spacial score (nSPS) is 17.1. The quantitative estimate of drug-likeness (QED) is 0.793. The lowest BCUT2D eigenvalue weighted by molar-refractivity contribution is 0.609. The van der Waals surface area contributed by atoms with E-state index in [-0.39, 0.29) is 5.75 Å². The summed E-state index contributed by atoms with van der Waals surface area (Å²) in [5, 5.41) is 0. The lowest BCUT2D eigenvalue weighted by atomic mass is 9.99. The molecule has 0 aliphatic carbocycles. The maximum atomic E-state index is 10.9. The first kappa shape index (κ1) is 12.3. The Hall–Kier alpha value is -0.190. The topological polar surface area (TPSA) is 34.1 Å². The van der Waals surface area contributed by atoms with Crippen LogP contribution in [0.15, 0.2) is 24.3 Å². The van der Waals surface area contributed by atoms with Crippen LogP contribution in [0, 0.1) is 0 Å². The van der Waals surface area contributed by atoms with Gasteiger partial charge in [0, 0.05) is 28.1 Å². The highest BCUT2D eigenvalue weighted by Crippen LogP contribution is 2.34.